The van der Waals surface area contributed by atoms with Gasteiger partial charge in [-0.2, -0.15) is 0 Å². The van der Waals surface area contributed by atoms with Gasteiger partial charge in [0.25, 0.3) is 0 Å². The van der Waals surface area contributed by atoms with Crippen LogP contribution in [0, 0.1) is 0 Å². The van der Waals surface area contributed by atoms with Gasteiger partial charge in [-0.05, 0) is 62.4 Å². The van der Waals surface area contributed by atoms with Crippen LogP contribution in [0.5, 0.6) is 5.75 Å². The topological polar surface area (TPSA) is 52.5 Å². The molecule has 3 N–H and O–H groups in total. The molecule has 5 heteroatoms. The molecule has 0 aliphatic heterocycles. The summed E-state index contributed by atoms with van der Waals surface area (Å²) in [5, 5.41) is 22.8. The average molecular weight is 393 g/mol. The van der Waals surface area contributed by atoms with Crippen molar-refractivity contribution in [2.75, 3.05) is 6.61 Å². The van der Waals surface area contributed by atoms with Gasteiger partial charge in [0, 0.05) is 12.1 Å². The van der Waals surface area contributed by atoms with Gasteiger partial charge in [0.1, 0.15) is 5.75 Å². The quantitative estimate of drug-likeness (QED) is 0.732. The molecule has 0 saturated heterocycles. The molecule has 2 rings (SSSR count). The Morgan fingerprint density at radius 1 is 1.11 bits per heavy atom. The molecule has 0 bridgehead atoms. The Morgan fingerprint density at radius 3 is 2.21 bits per heavy atom. The zero-order chi connectivity index (χ0) is 13.9. The zero-order valence-electron chi connectivity index (χ0n) is 10.8. The Kier molecular flexibility index (Phi) is 5.29. The fourth-order valence-corrected chi connectivity index (χ4v) is 3.91. The fourth-order valence-electron chi connectivity index (χ4n) is 2.63. The number of rotatable bonds is 4. The molecular formula is C14H19Br2NO2. The first-order valence-electron chi connectivity index (χ1n) is 6.59. The summed E-state index contributed by atoms with van der Waals surface area (Å²) in [6.45, 7) is 0.880. The second-order valence-corrected chi connectivity index (χ2v) is 6.97. The van der Waals surface area contributed by atoms with Crippen molar-refractivity contribution in [2.45, 2.75) is 44.2 Å². The van der Waals surface area contributed by atoms with E-state index in [1.165, 1.54) is 19.3 Å². The Morgan fingerprint density at radius 2 is 1.68 bits per heavy atom. The van der Waals surface area contributed by atoms with Crippen LogP contribution in [0.2, 0.25) is 0 Å². The zero-order valence-corrected chi connectivity index (χ0v) is 13.9. The molecule has 0 spiro atoms. The molecule has 0 heterocycles. The maximum absolute atomic E-state index is 9.69. The lowest BCUT2D eigenvalue weighted by atomic mass is 9.82. The third-order valence-electron chi connectivity index (χ3n) is 3.86. The van der Waals surface area contributed by atoms with Crippen LogP contribution in [-0.4, -0.2) is 22.4 Å². The number of halogens is 2. The van der Waals surface area contributed by atoms with Gasteiger partial charge in [0.05, 0.1) is 15.6 Å². The Labute approximate surface area is 130 Å². The number of benzene rings is 1. The van der Waals surface area contributed by atoms with Crippen LogP contribution in [0.15, 0.2) is 21.1 Å². The third kappa shape index (κ3) is 3.72. The van der Waals surface area contributed by atoms with E-state index in [0.29, 0.717) is 15.5 Å². The van der Waals surface area contributed by atoms with Gasteiger partial charge in [0.15, 0.2) is 0 Å². The molecule has 0 unspecified atom stereocenters. The molecule has 1 aromatic rings. The minimum Gasteiger partial charge on any atom is -0.506 e. The van der Waals surface area contributed by atoms with Crippen LogP contribution in [0.1, 0.15) is 37.7 Å². The molecule has 106 valence electrons. The van der Waals surface area contributed by atoms with Crippen LogP contribution >= 0.6 is 31.9 Å². The first-order valence-corrected chi connectivity index (χ1v) is 8.18. The van der Waals surface area contributed by atoms with E-state index in [2.05, 4.69) is 37.2 Å². The van der Waals surface area contributed by atoms with E-state index in [-0.39, 0.29) is 17.9 Å². The van der Waals surface area contributed by atoms with Crippen molar-refractivity contribution in [3.05, 3.63) is 26.6 Å². The van der Waals surface area contributed by atoms with Crippen molar-refractivity contribution in [2.24, 2.45) is 0 Å². The van der Waals surface area contributed by atoms with E-state index in [0.717, 1.165) is 18.4 Å². The van der Waals surface area contributed by atoms with Gasteiger partial charge >= 0.3 is 0 Å². The SMILES string of the molecule is OCC1(NCc2cc(Br)c(O)c(Br)c2)CCCCC1. The molecule has 0 aromatic heterocycles. The van der Waals surface area contributed by atoms with Crippen molar-refractivity contribution in [3.8, 4) is 5.75 Å². The number of aliphatic hydroxyl groups is 1. The fraction of sp³-hybridized carbons (Fsp3) is 0.571. The number of nitrogens with one attached hydrogen (secondary N) is 1. The van der Waals surface area contributed by atoms with E-state index in [4.69, 9.17) is 0 Å². The molecule has 19 heavy (non-hydrogen) atoms. The number of phenols is 1. The highest BCUT2D eigenvalue weighted by atomic mass is 79.9. The largest absolute Gasteiger partial charge is 0.506 e. The summed E-state index contributed by atoms with van der Waals surface area (Å²) in [7, 11) is 0. The molecule has 1 saturated carbocycles. The number of aromatic hydroxyl groups is 1. The van der Waals surface area contributed by atoms with Gasteiger partial charge in [-0.25, -0.2) is 0 Å². The van der Waals surface area contributed by atoms with Gasteiger partial charge in [-0.3, -0.25) is 0 Å². The maximum atomic E-state index is 9.69. The minimum absolute atomic E-state index is 0.130. The molecule has 1 aromatic carbocycles. The second kappa shape index (κ2) is 6.57. The van der Waals surface area contributed by atoms with E-state index in [1.54, 1.807) is 0 Å². The highest BCUT2D eigenvalue weighted by molar-refractivity contribution is 9.11. The van der Waals surface area contributed by atoms with Gasteiger partial charge in [0.2, 0.25) is 0 Å². The number of hydrogen-bond donors (Lipinski definition) is 3. The average Bonchev–Trinajstić information content (AvgIpc) is 2.43. The second-order valence-electron chi connectivity index (χ2n) is 5.26. The monoisotopic (exact) mass is 391 g/mol. The summed E-state index contributed by atoms with van der Waals surface area (Å²) >= 11 is 6.67. The van der Waals surface area contributed by atoms with Crippen LogP contribution in [0.3, 0.4) is 0 Å². The summed E-state index contributed by atoms with van der Waals surface area (Å²) in [5.41, 5.74) is 0.949. The summed E-state index contributed by atoms with van der Waals surface area (Å²) in [4.78, 5) is 0. The molecule has 0 radical (unpaired) electrons. The van der Waals surface area contributed by atoms with Crippen molar-refractivity contribution in [1.29, 1.82) is 0 Å². The number of phenolic OH excluding ortho intramolecular Hbond substituents is 1. The van der Waals surface area contributed by atoms with E-state index in [1.807, 2.05) is 12.1 Å². The summed E-state index contributed by atoms with van der Waals surface area (Å²) < 4.78 is 1.36. The lowest BCUT2D eigenvalue weighted by Crippen LogP contribution is -2.49. The molecule has 1 aliphatic carbocycles. The predicted molar refractivity (Wildman–Crippen MR) is 83.2 cm³/mol. The van der Waals surface area contributed by atoms with Crippen molar-refractivity contribution < 1.29 is 10.2 Å². The first kappa shape index (κ1) is 15.3. The normalized spacial score (nSPS) is 18.5. The highest BCUT2D eigenvalue weighted by Gasteiger charge is 2.30. The lowest BCUT2D eigenvalue weighted by Gasteiger charge is -2.36. The van der Waals surface area contributed by atoms with E-state index >= 15 is 0 Å². The molecular weight excluding hydrogens is 374 g/mol. The Bertz CT molecular complexity index is 422. The third-order valence-corrected chi connectivity index (χ3v) is 5.07. The molecule has 0 amide bonds. The highest BCUT2D eigenvalue weighted by Crippen LogP contribution is 2.34. The smallest absolute Gasteiger partial charge is 0.143 e. The van der Waals surface area contributed by atoms with Gasteiger partial charge in [-0.1, -0.05) is 19.3 Å². The molecule has 0 atom stereocenters. The van der Waals surface area contributed by atoms with E-state index < -0.39 is 0 Å². The predicted octanol–water partition coefficient (Wildman–Crippen LogP) is 3.70. The van der Waals surface area contributed by atoms with Crippen LogP contribution in [0.4, 0.5) is 0 Å². The number of hydrogen-bond acceptors (Lipinski definition) is 3. The van der Waals surface area contributed by atoms with Crippen molar-refractivity contribution in [1.82, 2.24) is 5.32 Å². The summed E-state index contributed by atoms with van der Waals surface area (Å²) in [6, 6.07) is 3.81. The molecule has 1 fully saturated rings. The molecule has 1 aliphatic rings. The Balaban J connectivity index is 2.05. The summed E-state index contributed by atoms with van der Waals surface area (Å²) in [5.74, 6) is 0.221. The van der Waals surface area contributed by atoms with Crippen LogP contribution in [0.25, 0.3) is 0 Å². The first-order chi connectivity index (χ1) is 9.06. The Hall–Kier alpha value is -0.100. The maximum Gasteiger partial charge on any atom is 0.143 e. The van der Waals surface area contributed by atoms with Crippen molar-refractivity contribution >= 4 is 31.9 Å². The van der Waals surface area contributed by atoms with Gasteiger partial charge < -0.3 is 15.5 Å². The lowest BCUT2D eigenvalue weighted by molar-refractivity contribution is 0.119. The summed E-state index contributed by atoms with van der Waals surface area (Å²) in [6.07, 6.45) is 5.68. The van der Waals surface area contributed by atoms with Crippen LogP contribution in [-0.2, 0) is 6.54 Å². The van der Waals surface area contributed by atoms with E-state index in [9.17, 15) is 10.2 Å². The van der Waals surface area contributed by atoms with Crippen molar-refractivity contribution in [3.63, 3.8) is 0 Å². The van der Waals surface area contributed by atoms with Crippen LogP contribution < -0.4 is 5.32 Å². The standard InChI is InChI=1S/C14H19Br2NO2/c15-11-6-10(7-12(16)13(11)19)8-17-14(9-18)4-2-1-3-5-14/h6-7,17-19H,1-5,8-9H2. The number of aliphatic hydroxyl groups excluding tert-OH is 1. The molecule has 3 nitrogen and oxygen atoms in total. The van der Waals surface area contributed by atoms with Gasteiger partial charge in [-0.15, -0.1) is 0 Å². The minimum atomic E-state index is -0.130.